The van der Waals surface area contributed by atoms with E-state index in [4.69, 9.17) is 0 Å². The van der Waals surface area contributed by atoms with Crippen molar-refractivity contribution in [2.24, 2.45) is 0 Å². The zero-order chi connectivity index (χ0) is 14.7. The highest BCUT2D eigenvalue weighted by Crippen LogP contribution is 2.43. The van der Waals surface area contributed by atoms with Crippen LogP contribution in [0.5, 0.6) is 0 Å². The van der Waals surface area contributed by atoms with Gasteiger partial charge < -0.3 is 0 Å². The number of hydrogen-bond donors (Lipinski definition) is 0. The summed E-state index contributed by atoms with van der Waals surface area (Å²) in [5.41, 5.74) is 7.24. The van der Waals surface area contributed by atoms with Crippen LogP contribution in [0.4, 0.5) is 0 Å². The van der Waals surface area contributed by atoms with E-state index < -0.39 is 0 Å². The minimum Gasteiger partial charge on any atom is -0.0616 e. The van der Waals surface area contributed by atoms with Crippen molar-refractivity contribution in [2.45, 2.75) is 13.3 Å². The van der Waals surface area contributed by atoms with E-state index in [1.54, 1.807) is 0 Å². The van der Waals surface area contributed by atoms with Crippen LogP contribution in [0.3, 0.4) is 0 Å². The molecule has 0 bridgehead atoms. The second kappa shape index (κ2) is 4.20. The molecule has 0 aromatic heterocycles. The molecular weight excluding hydrogens is 264 g/mol. The molecule has 0 heterocycles. The Hall–Kier alpha value is -2.60. The highest BCUT2D eigenvalue weighted by atomic mass is 14.3. The van der Waals surface area contributed by atoms with E-state index in [1.165, 1.54) is 49.4 Å². The third-order valence-electron chi connectivity index (χ3n) is 5.07. The van der Waals surface area contributed by atoms with Crippen molar-refractivity contribution < 1.29 is 0 Å². The van der Waals surface area contributed by atoms with Gasteiger partial charge in [-0.2, -0.15) is 0 Å². The molecule has 4 aromatic carbocycles. The Kier molecular flexibility index (Phi) is 2.29. The normalized spacial score (nSPS) is 12.6. The van der Waals surface area contributed by atoms with Gasteiger partial charge >= 0.3 is 0 Å². The fourth-order valence-electron chi connectivity index (χ4n) is 3.97. The van der Waals surface area contributed by atoms with Crippen LogP contribution < -0.4 is 0 Å². The Labute approximate surface area is 130 Å². The molecule has 0 aliphatic heterocycles. The van der Waals surface area contributed by atoms with Crippen molar-refractivity contribution in [3.8, 4) is 11.1 Å². The Balaban J connectivity index is 1.96. The topological polar surface area (TPSA) is 0 Å². The molecule has 0 saturated heterocycles. The lowest BCUT2D eigenvalue weighted by molar-refractivity contribution is 1.23. The van der Waals surface area contributed by atoms with E-state index in [1.807, 2.05) is 0 Å². The monoisotopic (exact) mass is 280 g/mol. The highest BCUT2D eigenvalue weighted by Gasteiger charge is 2.22. The first-order chi connectivity index (χ1) is 10.8. The van der Waals surface area contributed by atoms with Gasteiger partial charge in [-0.05, 0) is 62.7 Å². The summed E-state index contributed by atoms with van der Waals surface area (Å²) in [6.07, 6.45) is 1.06. The summed E-state index contributed by atoms with van der Waals surface area (Å²) < 4.78 is 0. The highest BCUT2D eigenvalue weighted by molar-refractivity contribution is 6.12. The number of benzene rings is 4. The van der Waals surface area contributed by atoms with Gasteiger partial charge in [-0.1, -0.05) is 66.7 Å². The second-order valence-corrected chi connectivity index (χ2v) is 6.25. The lowest BCUT2D eigenvalue weighted by Gasteiger charge is -2.09. The third-order valence-corrected chi connectivity index (χ3v) is 5.07. The minimum atomic E-state index is 1.06. The van der Waals surface area contributed by atoms with Gasteiger partial charge in [-0.25, -0.2) is 0 Å². The molecule has 104 valence electrons. The summed E-state index contributed by atoms with van der Waals surface area (Å²) in [7, 11) is 0. The van der Waals surface area contributed by atoms with Crippen molar-refractivity contribution in [1.82, 2.24) is 0 Å². The first-order valence-corrected chi connectivity index (χ1v) is 7.85. The minimum absolute atomic E-state index is 1.06. The van der Waals surface area contributed by atoms with Gasteiger partial charge in [0.15, 0.2) is 0 Å². The van der Waals surface area contributed by atoms with E-state index >= 15 is 0 Å². The molecule has 0 spiro atoms. The van der Waals surface area contributed by atoms with Gasteiger partial charge in [0.05, 0.1) is 0 Å². The first-order valence-electron chi connectivity index (χ1n) is 7.85. The van der Waals surface area contributed by atoms with Crippen molar-refractivity contribution >= 4 is 21.5 Å². The molecule has 1 aliphatic carbocycles. The van der Waals surface area contributed by atoms with E-state index in [9.17, 15) is 0 Å². The summed E-state index contributed by atoms with van der Waals surface area (Å²) in [6.45, 7) is 2.23. The van der Waals surface area contributed by atoms with E-state index in [2.05, 4.69) is 73.7 Å². The Morgan fingerprint density at radius 3 is 2.36 bits per heavy atom. The first kappa shape index (κ1) is 12.0. The Morgan fingerprint density at radius 2 is 1.41 bits per heavy atom. The maximum atomic E-state index is 2.30. The summed E-state index contributed by atoms with van der Waals surface area (Å²) in [5, 5.41) is 5.49. The molecular formula is C22H16. The molecule has 0 saturated carbocycles. The number of aryl methyl sites for hydroxylation is 1. The van der Waals surface area contributed by atoms with Crippen LogP contribution in [0.1, 0.15) is 16.7 Å². The number of rotatable bonds is 0. The summed E-state index contributed by atoms with van der Waals surface area (Å²) in [6, 6.07) is 24.5. The van der Waals surface area contributed by atoms with Crippen LogP contribution in [-0.2, 0) is 6.42 Å². The molecule has 1 aliphatic rings. The maximum absolute atomic E-state index is 2.30. The Bertz CT molecular complexity index is 1050. The van der Waals surface area contributed by atoms with Gasteiger partial charge in [-0.3, -0.25) is 0 Å². The van der Waals surface area contributed by atoms with E-state index in [0.717, 1.165) is 6.42 Å². The van der Waals surface area contributed by atoms with Crippen molar-refractivity contribution in [2.75, 3.05) is 0 Å². The average molecular weight is 280 g/mol. The molecule has 0 atom stereocenters. The van der Waals surface area contributed by atoms with Crippen LogP contribution >= 0.6 is 0 Å². The zero-order valence-corrected chi connectivity index (χ0v) is 12.6. The molecule has 4 aromatic rings. The van der Waals surface area contributed by atoms with E-state index in [-0.39, 0.29) is 0 Å². The molecule has 22 heavy (non-hydrogen) atoms. The maximum Gasteiger partial charge on any atom is -0.000443 e. The van der Waals surface area contributed by atoms with Gasteiger partial charge in [0, 0.05) is 0 Å². The predicted molar refractivity (Wildman–Crippen MR) is 94.4 cm³/mol. The molecule has 0 radical (unpaired) electrons. The molecule has 0 heteroatoms. The van der Waals surface area contributed by atoms with E-state index in [0.29, 0.717) is 0 Å². The van der Waals surface area contributed by atoms with Crippen LogP contribution in [0.15, 0.2) is 66.7 Å². The SMILES string of the molecule is Cc1cccc2c1Cc1c-2ccc2ccc3ccccc3c12. The van der Waals surface area contributed by atoms with Crippen LogP contribution in [0, 0.1) is 6.92 Å². The molecule has 5 rings (SSSR count). The van der Waals surface area contributed by atoms with Gasteiger partial charge in [0.25, 0.3) is 0 Å². The molecule has 0 N–H and O–H groups in total. The third kappa shape index (κ3) is 1.47. The summed E-state index contributed by atoms with van der Waals surface area (Å²) in [5.74, 6) is 0. The predicted octanol–water partition coefficient (Wildman–Crippen LogP) is 5.87. The van der Waals surface area contributed by atoms with Crippen molar-refractivity contribution in [3.63, 3.8) is 0 Å². The lowest BCUT2D eigenvalue weighted by atomic mass is 9.94. The van der Waals surface area contributed by atoms with Gasteiger partial charge in [0.1, 0.15) is 0 Å². The van der Waals surface area contributed by atoms with Crippen molar-refractivity contribution in [1.29, 1.82) is 0 Å². The lowest BCUT2D eigenvalue weighted by Crippen LogP contribution is -1.87. The Morgan fingerprint density at radius 1 is 0.636 bits per heavy atom. The molecule has 0 nitrogen and oxygen atoms in total. The van der Waals surface area contributed by atoms with Gasteiger partial charge in [0.2, 0.25) is 0 Å². The zero-order valence-electron chi connectivity index (χ0n) is 12.6. The number of hydrogen-bond acceptors (Lipinski definition) is 0. The standard InChI is InChI=1S/C22H16/c1-14-5-4-8-18-19-12-11-16-10-9-15-6-2-3-7-17(15)22(16)21(19)13-20(14)18/h2-12H,13H2,1H3. The summed E-state index contributed by atoms with van der Waals surface area (Å²) >= 11 is 0. The van der Waals surface area contributed by atoms with Crippen LogP contribution in [-0.4, -0.2) is 0 Å². The molecule has 0 amide bonds. The fourth-order valence-corrected chi connectivity index (χ4v) is 3.97. The number of fused-ring (bicyclic) bond motifs is 7. The average Bonchev–Trinajstić information content (AvgIpc) is 2.95. The molecule has 0 fully saturated rings. The fraction of sp³-hybridized carbons (Fsp3) is 0.0909. The largest absolute Gasteiger partial charge is 0.0616 e. The van der Waals surface area contributed by atoms with Crippen LogP contribution in [0.2, 0.25) is 0 Å². The quantitative estimate of drug-likeness (QED) is 0.311. The van der Waals surface area contributed by atoms with Gasteiger partial charge in [-0.15, -0.1) is 0 Å². The van der Waals surface area contributed by atoms with Crippen molar-refractivity contribution in [3.05, 3.63) is 83.4 Å². The summed E-state index contributed by atoms with van der Waals surface area (Å²) in [4.78, 5) is 0. The van der Waals surface area contributed by atoms with Crippen LogP contribution in [0.25, 0.3) is 32.7 Å². The smallest absolute Gasteiger partial charge is 0.000443 e. The molecule has 0 unspecified atom stereocenters. The second-order valence-electron chi connectivity index (χ2n) is 6.25.